The number of carbonyl (C=O) groups excluding carboxylic acids is 1. The molecule has 0 N–H and O–H groups in total. The van der Waals surface area contributed by atoms with Gasteiger partial charge in [-0.15, -0.1) is 0 Å². The SMILES string of the molecule is O=C(c1cccc(Cl)c1)N1CCC(n2ccc3cc(OC4CCN(C5CCC5)CC4)ccc32)CC1. The van der Waals surface area contributed by atoms with Gasteiger partial charge >= 0.3 is 0 Å². The maximum atomic E-state index is 12.9. The van der Waals surface area contributed by atoms with Gasteiger partial charge < -0.3 is 19.1 Å². The Kier molecular flexibility index (Phi) is 6.46. The zero-order valence-electron chi connectivity index (χ0n) is 20.2. The van der Waals surface area contributed by atoms with E-state index in [0.717, 1.165) is 50.6 Å². The number of piperidine rings is 2. The first-order valence-corrected chi connectivity index (χ1v) is 13.6. The van der Waals surface area contributed by atoms with Gasteiger partial charge in [-0.25, -0.2) is 0 Å². The lowest BCUT2D eigenvalue weighted by molar-refractivity contribution is 0.0494. The molecule has 0 unspecified atom stereocenters. The van der Waals surface area contributed by atoms with Crippen molar-refractivity contribution in [3.8, 4) is 5.75 Å². The topological polar surface area (TPSA) is 37.7 Å². The summed E-state index contributed by atoms with van der Waals surface area (Å²) in [4.78, 5) is 17.5. The molecule has 0 atom stereocenters. The molecule has 1 aromatic heterocycles. The van der Waals surface area contributed by atoms with Crippen molar-refractivity contribution in [3.63, 3.8) is 0 Å². The van der Waals surface area contributed by atoms with Crippen molar-refractivity contribution in [2.75, 3.05) is 26.2 Å². The molecule has 6 rings (SSSR count). The highest BCUT2D eigenvalue weighted by atomic mass is 35.5. The standard InChI is InChI=1S/C29H34ClN3O2/c30-23-4-1-3-22(19-23)29(34)32-14-10-25(11-15-32)33-18-9-21-20-27(7-8-28(21)33)35-26-12-16-31(17-13-26)24-5-2-6-24/h1,3-4,7-9,18-20,24-26H,2,5-6,10-17H2. The number of amides is 1. The number of aromatic nitrogens is 1. The zero-order chi connectivity index (χ0) is 23.8. The third-order valence-corrected chi connectivity index (χ3v) is 8.51. The summed E-state index contributed by atoms with van der Waals surface area (Å²) < 4.78 is 8.79. The maximum Gasteiger partial charge on any atom is 0.253 e. The molecular formula is C29H34ClN3O2. The third-order valence-electron chi connectivity index (χ3n) is 8.28. The van der Waals surface area contributed by atoms with Crippen LogP contribution in [0.3, 0.4) is 0 Å². The van der Waals surface area contributed by atoms with Gasteiger partial charge in [0.2, 0.25) is 0 Å². The molecule has 2 aromatic carbocycles. The second kappa shape index (κ2) is 9.87. The Bertz CT molecular complexity index is 1190. The van der Waals surface area contributed by atoms with Crippen molar-refractivity contribution >= 4 is 28.4 Å². The Hall–Kier alpha value is -2.50. The van der Waals surface area contributed by atoms with Crippen LogP contribution in [-0.2, 0) is 0 Å². The number of benzene rings is 2. The first-order chi connectivity index (χ1) is 17.1. The largest absolute Gasteiger partial charge is 0.490 e. The molecule has 1 saturated carbocycles. The lowest BCUT2D eigenvalue weighted by atomic mass is 9.90. The number of rotatable bonds is 5. The molecular weight excluding hydrogens is 458 g/mol. The predicted octanol–water partition coefficient (Wildman–Crippen LogP) is 6.17. The average molecular weight is 492 g/mol. The first-order valence-electron chi connectivity index (χ1n) is 13.2. The summed E-state index contributed by atoms with van der Waals surface area (Å²) in [7, 11) is 0. The van der Waals surface area contributed by atoms with Gasteiger partial charge in [0.25, 0.3) is 5.91 Å². The summed E-state index contributed by atoms with van der Waals surface area (Å²) in [6, 6.07) is 17.2. The van der Waals surface area contributed by atoms with E-state index in [9.17, 15) is 4.79 Å². The van der Waals surface area contributed by atoms with E-state index in [1.165, 1.54) is 43.3 Å². The lowest BCUT2D eigenvalue weighted by Gasteiger charge is -2.41. The minimum absolute atomic E-state index is 0.0728. The summed E-state index contributed by atoms with van der Waals surface area (Å²) in [6.07, 6.45) is 10.9. The van der Waals surface area contributed by atoms with Crippen LogP contribution in [0.25, 0.3) is 10.9 Å². The van der Waals surface area contributed by atoms with Crippen molar-refractivity contribution in [1.82, 2.24) is 14.4 Å². The van der Waals surface area contributed by atoms with E-state index in [-0.39, 0.29) is 5.91 Å². The Labute approximate surface area is 212 Å². The van der Waals surface area contributed by atoms with Crippen molar-refractivity contribution < 1.29 is 9.53 Å². The number of ether oxygens (including phenoxy) is 1. The van der Waals surface area contributed by atoms with E-state index in [1.54, 1.807) is 12.1 Å². The highest BCUT2D eigenvalue weighted by molar-refractivity contribution is 6.30. The van der Waals surface area contributed by atoms with Crippen LogP contribution in [0.5, 0.6) is 5.75 Å². The average Bonchev–Trinajstić information content (AvgIpc) is 3.27. The van der Waals surface area contributed by atoms with E-state index >= 15 is 0 Å². The number of hydrogen-bond donors (Lipinski definition) is 0. The third kappa shape index (κ3) is 4.81. The second-order valence-electron chi connectivity index (χ2n) is 10.4. The molecule has 3 aliphatic rings. The number of carbonyl (C=O) groups is 1. The molecule has 3 heterocycles. The Morgan fingerprint density at radius 3 is 2.37 bits per heavy atom. The van der Waals surface area contributed by atoms with Gasteiger partial charge in [0, 0.05) is 65.9 Å². The van der Waals surface area contributed by atoms with E-state index in [2.05, 4.69) is 39.9 Å². The van der Waals surface area contributed by atoms with Gasteiger partial charge in [0.1, 0.15) is 11.9 Å². The summed E-state index contributed by atoms with van der Waals surface area (Å²) in [5, 5.41) is 1.83. The van der Waals surface area contributed by atoms with Crippen molar-refractivity contribution in [3.05, 3.63) is 65.3 Å². The molecule has 5 nitrogen and oxygen atoms in total. The van der Waals surface area contributed by atoms with Crippen LogP contribution in [0, 0.1) is 0 Å². The fourth-order valence-electron chi connectivity index (χ4n) is 5.99. The minimum Gasteiger partial charge on any atom is -0.490 e. The maximum absolute atomic E-state index is 12.9. The molecule has 0 spiro atoms. The highest BCUT2D eigenvalue weighted by Gasteiger charge is 2.29. The van der Waals surface area contributed by atoms with Gasteiger partial charge in [-0.05, 0) is 81.0 Å². The van der Waals surface area contributed by atoms with E-state index < -0.39 is 0 Å². The Balaban J connectivity index is 1.06. The molecule has 35 heavy (non-hydrogen) atoms. The Morgan fingerprint density at radius 1 is 0.857 bits per heavy atom. The normalized spacial score (nSPS) is 20.8. The fraction of sp³-hybridized carbons (Fsp3) is 0.483. The number of likely N-dealkylation sites (tertiary alicyclic amines) is 2. The van der Waals surface area contributed by atoms with Crippen molar-refractivity contribution in [2.45, 2.75) is 63.1 Å². The fourth-order valence-corrected chi connectivity index (χ4v) is 6.18. The van der Waals surface area contributed by atoms with E-state index in [1.807, 2.05) is 17.0 Å². The summed E-state index contributed by atoms with van der Waals surface area (Å²) in [6.45, 7) is 3.87. The Morgan fingerprint density at radius 2 is 1.66 bits per heavy atom. The minimum atomic E-state index is 0.0728. The zero-order valence-corrected chi connectivity index (χ0v) is 21.0. The second-order valence-corrected chi connectivity index (χ2v) is 10.9. The van der Waals surface area contributed by atoms with Crippen LogP contribution < -0.4 is 4.74 Å². The van der Waals surface area contributed by atoms with Gasteiger partial charge in [-0.1, -0.05) is 24.1 Å². The molecule has 184 valence electrons. The van der Waals surface area contributed by atoms with Crippen LogP contribution in [0.15, 0.2) is 54.7 Å². The first kappa shape index (κ1) is 22.9. The molecule has 6 heteroatoms. The molecule has 1 amide bonds. The van der Waals surface area contributed by atoms with Crippen molar-refractivity contribution in [2.24, 2.45) is 0 Å². The van der Waals surface area contributed by atoms with Crippen LogP contribution in [0.4, 0.5) is 0 Å². The number of halogens is 1. The summed E-state index contributed by atoms with van der Waals surface area (Å²) in [5.74, 6) is 1.06. The molecule has 0 radical (unpaired) electrons. The number of nitrogens with zero attached hydrogens (tertiary/aromatic N) is 3. The highest BCUT2D eigenvalue weighted by Crippen LogP contribution is 2.32. The summed E-state index contributed by atoms with van der Waals surface area (Å²) >= 11 is 6.08. The van der Waals surface area contributed by atoms with Crippen LogP contribution in [0.1, 0.15) is 61.3 Å². The van der Waals surface area contributed by atoms with E-state index in [4.69, 9.17) is 16.3 Å². The van der Waals surface area contributed by atoms with Gasteiger partial charge in [0.05, 0.1) is 0 Å². The molecule has 0 bridgehead atoms. The smallest absolute Gasteiger partial charge is 0.253 e. The van der Waals surface area contributed by atoms with Gasteiger partial charge in [-0.2, -0.15) is 0 Å². The van der Waals surface area contributed by atoms with Crippen LogP contribution in [0.2, 0.25) is 5.02 Å². The van der Waals surface area contributed by atoms with Crippen LogP contribution >= 0.6 is 11.6 Å². The molecule has 2 aliphatic heterocycles. The predicted molar refractivity (Wildman–Crippen MR) is 140 cm³/mol. The summed E-state index contributed by atoms with van der Waals surface area (Å²) in [5.41, 5.74) is 1.92. The molecule has 3 fully saturated rings. The monoisotopic (exact) mass is 491 g/mol. The number of hydrogen-bond acceptors (Lipinski definition) is 3. The van der Waals surface area contributed by atoms with Crippen molar-refractivity contribution in [1.29, 1.82) is 0 Å². The number of fused-ring (bicyclic) bond motifs is 1. The quantitative estimate of drug-likeness (QED) is 0.428. The lowest BCUT2D eigenvalue weighted by Crippen LogP contribution is -2.46. The van der Waals surface area contributed by atoms with Gasteiger partial charge in [0.15, 0.2) is 0 Å². The molecule has 2 saturated heterocycles. The van der Waals surface area contributed by atoms with Crippen LogP contribution in [-0.4, -0.2) is 58.6 Å². The van der Waals surface area contributed by atoms with E-state index in [0.29, 0.717) is 22.7 Å². The molecule has 1 aliphatic carbocycles. The van der Waals surface area contributed by atoms with Gasteiger partial charge in [-0.3, -0.25) is 4.79 Å². The molecule has 3 aromatic rings.